The van der Waals surface area contributed by atoms with E-state index < -0.39 is 15.6 Å². The monoisotopic (exact) mass is 474 g/mol. The van der Waals surface area contributed by atoms with Crippen LogP contribution in [-0.2, 0) is 9.84 Å². The number of halogens is 1. The summed E-state index contributed by atoms with van der Waals surface area (Å²) in [5.41, 5.74) is 1.03. The summed E-state index contributed by atoms with van der Waals surface area (Å²) >= 11 is 1.94. The molecule has 0 spiro atoms. The maximum atomic E-state index is 13.3. The molecule has 0 bridgehead atoms. The van der Waals surface area contributed by atoms with Crippen LogP contribution in [0.15, 0.2) is 101 Å². The highest BCUT2D eigenvalue weighted by Gasteiger charge is 2.31. The van der Waals surface area contributed by atoms with E-state index in [0.717, 1.165) is 0 Å². The molecule has 0 aliphatic carbocycles. The molecule has 26 heavy (non-hydrogen) atoms. The van der Waals surface area contributed by atoms with Crippen LogP contribution in [0.5, 0.6) is 0 Å². The Kier molecular flexibility index (Phi) is 5.68. The minimum Gasteiger partial charge on any atom is -0.288 e. The predicted octanol–water partition coefficient (Wildman–Crippen LogP) is 5.15. The lowest BCUT2D eigenvalue weighted by molar-refractivity contribution is 0.104. The molecule has 3 aromatic carbocycles. The molecule has 3 rings (SSSR count). The number of Topliss-reactive ketones (excluding diaryl/α,β-unsaturated/α-hetero) is 1. The summed E-state index contributed by atoms with van der Waals surface area (Å²) in [7, 11) is -3.97. The molecule has 0 unspecified atom stereocenters. The second kappa shape index (κ2) is 7.97. The quantitative estimate of drug-likeness (QED) is 0.292. The van der Waals surface area contributed by atoms with E-state index in [0.29, 0.717) is 14.7 Å². The van der Waals surface area contributed by atoms with Crippen LogP contribution < -0.4 is 0 Å². The Morgan fingerprint density at radius 2 is 1.08 bits per heavy atom. The van der Waals surface area contributed by atoms with Crippen LogP contribution in [0.4, 0.5) is 0 Å². The minimum atomic E-state index is -3.97. The molecule has 0 aliphatic heterocycles. The SMILES string of the molecule is O=C(/C(=C(\I)c1ccccc1)S(=O)(=O)c1ccccc1)c1ccccc1. The Morgan fingerprint density at radius 1 is 0.654 bits per heavy atom. The number of ketones is 1. The van der Waals surface area contributed by atoms with Crippen molar-refractivity contribution in [2.24, 2.45) is 0 Å². The fourth-order valence-electron chi connectivity index (χ4n) is 2.49. The summed E-state index contributed by atoms with van der Waals surface area (Å²) < 4.78 is 27.0. The maximum absolute atomic E-state index is 13.3. The third kappa shape index (κ3) is 3.78. The van der Waals surface area contributed by atoms with Crippen molar-refractivity contribution in [1.29, 1.82) is 0 Å². The molecule has 3 aromatic rings. The summed E-state index contributed by atoms with van der Waals surface area (Å²) in [6.07, 6.45) is 0. The first kappa shape index (κ1) is 18.5. The summed E-state index contributed by atoms with van der Waals surface area (Å²) in [6.45, 7) is 0. The van der Waals surface area contributed by atoms with E-state index >= 15 is 0 Å². The molecular weight excluding hydrogens is 459 g/mol. The van der Waals surface area contributed by atoms with E-state index in [-0.39, 0.29) is 9.80 Å². The van der Waals surface area contributed by atoms with E-state index in [1.807, 2.05) is 40.8 Å². The highest BCUT2D eigenvalue weighted by atomic mass is 127. The minimum absolute atomic E-state index is 0.101. The van der Waals surface area contributed by atoms with E-state index in [1.54, 1.807) is 60.7 Å². The second-order valence-electron chi connectivity index (χ2n) is 5.52. The number of carbonyl (C=O) groups is 1. The Labute approximate surface area is 166 Å². The largest absolute Gasteiger partial charge is 0.288 e. The van der Waals surface area contributed by atoms with Crippen LogP contribution in [0.1, 0.15) is 15.9 Å². The van der Waals surface area contributed by atoms with Gasteiger partial charge in [0.25, 0.3) is 0 Å². The van der Waals surface area contributed by atoms with Gasteiger partial charge in [0.1, 0.15) is 4.91 Å². The average molecular weight is 474 g/mol. The molecule has 0 saturated heterocycles. The topological polar surface area (TPSA) is 51.2 Å². The Hall–Kier alpha value is -2.25. The Bertz CT molecular complexity index is 1040. The number of allylic oxidation sites excluding steroid dienone is 1. The molecule has 130 valence electrons. The normalized spacial score (nSPS) is 12.3. The average Bonchev–Trinajstić information content (AvgIpc) is 2.70. The number of rotatable bonds is 5. The van der Waals surface area contributed by atoms with Crippen molar-refractivity contribution < 1.29 is 13.2 Å². The lowest BCUT2D eigenvalue weighted by Crippen LogP contribution is -2.15. The van der Waals surface area contributed by atoms with Crippen LogP contribution in [-0.4, -0.2) is 14.2 Å². The van der Waals surface area contributed by atoms with Crippen molar-refractivity contribution in [3.63, 3.8) is 0 Å². The summed E-state index contributed by atoms with van der Waals surface area (Å²) in [5, 5.41) is 0. The molecule has 0 fully saturated rings. The lowest BCUT2D eigenvalue weighted by Gasteiger charge is -2.12. The van der Waals surface area contributed by atoms with Gasteiger partial charge in [-0.2, -0.15) is 0 Å². The summed E-state index contributed by atoms with van der Waals surface area (Å²) in [4.78, 5) is 13.0. The molecule has 0 N–H and O–H groups in total. The first-order valence-corrected chi connectivity index (χ1v) is 10.4. The highest BCUT2D eigenvalue weighted by molar-refractivity contribution is 14.1. The molecule has 0 saturated carbocycles. The Morgan fingerprint density at radius 3 is 1.58 bits per heavy atom. The van der Waals surface area contributed by atoms with Gasteiger partial charge >= 0.3 is 0 Å². The highest BCUT2D eigenvalue weighted by Crippen LogP contribution is 2.34. The van der Waals surface area contributed by atoms with Crippen LogP contribution in [0.3, 0.4) is 0 Å². The van der Waals surface area contributed by atoms with Crippen molar-refractivity contribution in [3.8, 4) is 0 Å². The summed E-state index contributed by atoms with van der Waals surface area (Å²) in [5.74, 6) is -0.511. The van der Waals surface area contributed by atoms with E-state index in [1.165, 1.54) is 12.1 Å². The van der Waals surface area contributed by atoms with Gasteiger partial charge in [-0.15, -0.1) is 0 Å². The first-order valence-electron chi connectivity index (χ1n) is 7.87. The van der Waals surface area contributed by atoms with E-state index in [2.05, 4.69) is 0 Å². The lowest BCUT2D eigenvalue weighted by atomic mass is 10.1. The first-order chi connectivity index (χ1) is 12.5. The van der Waals surface area contributed by atoms with Gasteiger partial charge in [-0.1, -0.05) is 78.9 Å². The molecule has 0 atom stereocenters. The van der Waals surface area contributed by atoms with Crippen molar-refractivity contribution in [2.75, 3.05) is 0 Å². The summed E-state index contributed by atoms with van der Waals surface area (Å²) in [6, 6.07) is 25.6. The Balaban J connectivity index is 2.26. The standard InChI is InChI=1S/C21H15IO3S/c22-19(16-10-4-1-5-11-16)21(20(23)17-12-6-2-7-13-17)26(24,25)18-14-8-3-9-15-18/h1-15H/b21-19+. The van der Waals surface area contributed by atoms with Crippen LogP contribution in [0.2, 0.25) is 0 Å². The fraction of sp³-hybridized carbons (Fsp3) is 0. The van der Waals surface area contributed by atoms with Gasteiger partial charge < -0.3 is 0 Å². The van der Waals surface area contributed by atoms with Crippen molar-refractivity contribution in [2.45, 2.75) is 4.90 Å². The van der Waals surface area contributed by atoms with Gasteiger partial charge in [0, 0.05) is 9.14 Å². The van der Waals surface area contributed by atoms with Crippen LogP contribution in [0.25, 0.3) is 3.58 Å². The number of carbonyl (C=O) groups excluding carboxylic acids is 1. The molecule has 0 aromatic heterocycles. The smallest absolute Gasteiger partial charge is 0.211 e. The maximum Gasteiger partial charge on any atom is 0.211 e. The molecule has 0 aliphatic rings. The van der Waals surface area contributed by atoms with Crippen molar-refractivity contribution in [3.05, 3.63) is 107 Å². The molecule has 0 amide bonds. The number of hydrogen-bond acceptors (Lipinski definition) is 3. The van der Waals surface area contributed by atoms with Crippen molar-refractivity contribution in [1.82, 2.24) is 0 Å². The van der Waals surface area contributed by atoms with Crippen LogP contribution >= 0.6 is 22.6 Å². The molecule has 3 nitrogen and oxygen atoms in total. The van der Waals surface area contributed by atoms with E-state index in [9.17, 15) is 13.2 Å². The zero-order valence-electron chi connectivity index (χ0n) is 13.7. The number of hydrogen-bond donors (Lipinski definition) is 0. The zero-order valence-corrected chi connectivity index (χ0v) is 16.6. The third-order valence-electron chi connectivity index (χ3n) is 3.79. The van der Waals surface area contributed by atoms with Gasteiger partial charge in [-0.3, -0.25) is 4.79 Å². The van der Waals surface area contributed by atoms with Gasteiger partial charge in [0.2, 0.25) is 15.6 Å². The molecule has 0 heterocycles. The van der Waals surface area contributed by atoms with Crippen molar-refractivity contribution >= 4 is 41.8 Å². The third-order valence-corrected chi connectivity index (χ3v) is 7.14. The van der Waals surface area contributed by atoms with E-state index in [4.69, 9.17) is 0 Å². The number of benzene rings is 3. The molecule has 0 radical (unpaired) electrons. The predicted molar refractivity (Wildman–Crippen MR) is 112 cm³/mol. The second-order valence-corrected chi connectivity index (χ2v) is 8.49. The zero-order chi connectivity index (χ0) is 18.6. The van der Waals surface area contributed by atoms with Gasteiger partial charge in [-0.25, -0.2) is 8.42 Å². The molecule has 5 heteroatoms. The number of sulfone groups is 1. The van der Waals surface area contributed by atoms with Gasteiger partial charge in [0.15, 0.2) is 0 Å². The molecular formula is C21H15IO3S. The van der Waals surface area contributed by atoms with Gasteiger partial charge in [-0.05, 0) is 40.3 Å². The van der Waals surface area contributed by atoms with Crippen LogP contribution in [0, 0.1) is 0 Å². The van der Waals surface area contributed by atoms with Gasteiger partial charge in [0.05, 0.1) is 4.90 Å². The fourth-order valence-corrected chi connectivity index (χ4v) is 5.43.